The average Bonchev–Trinajstić information content (AvgIpc) is 3.37. The maximum atomic E-state index is 13.3. The summed E-state index contributed by atoms with van der Waals surface area (Å²) in [7, 11) is 0. The largest absolute Gasteiger partial charge is 0.484 e. The molecule has 1 aliphatic rings. The summed E-state index contributed by atoms with van der Waals surface area (Å²) in [5.41, 5.74) is 1.69. The molecule has 0 radical (unpaired) electrons. The summed E-state index contributed by atoms with van der Waals surface area (Å²) >= 11 is 0. The fraction of sp³-hybridized carbons (Fsp3) is 0.409. The van der Waals surface area contributed by atoms with E-state index in [0.717, 1.165) is 5.56 Å². The van der Waals surface area contributed by atoms with Gasteiger partial charge in [0.1, 0.15) is 23.6 Å². The zero-order valence-corrected chi connectivity index (χ0v) is 17.7. The Hall–Kier alpha value is -3.27. The molecule has 0 spiro atoms. The number of amides is 1. The Morgan fingerprint density at radius 1 is 1.34 bits per heavy atom. The summed E-state index contributed by atoms with van der Waals surface area (Å²) in [5, 5.41) is 16.7. The highest BCUT2D eigenvalue weighted by molar-refractivity contribution is 6.09. The number of aliphatic hydroxyl groups excluding tert-OH is 1. The van der Waals surface area contributed by atoms with E-state index in [-0.39, 0.29) is 31.7 Å². The van der Waals surface area contributed by atoms with Crippen molar-refractivity contribution in [3.8, 4) is 5.75 Å². The van der Waals surface area contributed by atoms with E-state index in [4.69, 9.17) is 4.74 Å². The van der Waals surface area contributed by atoms with Gasteiger partial charge in [-0.25, -0.2) is 13.9 Å². The third kappa shape index (κ3) is 4.22. The van der Waals surface area contributed by atoms with Gasteiger partial charge in [-0.1, -0.05) is 0 Å². The van der Waals surface area contributed by atoms with Crippen LogP contribution in [0.3, 0.4) is 0 Å². The van der Waals surface area contributed by atoms with Crippen LogP contribution >= 0.6 is 0 Å². The Balaban J connectivity index is 1.72. The van der Waals surface area contributed by atoms with Crippen LogP contribution in [0.5, 0.6) is 5.75 Å². The van der Waals surface area contributed by atoms with Gasteiger partial charge in [-0.05, 0) is 25.5 Å². The standard InChI is InChI=1S/C22H25F2N5O3/c1-22(14-30)12-15-10-17(18(11-19(15)32-22)28(9-5-24)7-2-4-23)27-21(31)16-13-26-29-8-3-6-25-20(16)29/h3,6,8,10-11,13,30H,2,4-5,7,9,12,14H2,1H3,(H,27,31)/t22-/m0/s1. The van der Waals surface area contributed by atoms with Gasteiger partial charge in [0.2, 0.25) is 0 Å². The van der Waals surface area contributed by atoms with Crippen molar-refractivity contribution in [2.45, 2.75) is 25.4 Å². The first-order valence-corrected chi connectivity index (χ1v) is 10.4. The van der Waals surface area contributed by atoms with Crippen LogP contribution in [-0.2, 0) is 6.42 Å². The van der Waals surface area contributed by atoms with Crippen molar-refractivity contribution in [2.75, 3.05) is 43.3 Å². The highest BCUT2D eigenvalue weighted by Crippen LogP contribution is 2.42. The molecule has 4 rings (SSSR count). The summed E-state index contributed by atoms with van der Waals surface area (Å²) in [6, 6.07) is 5.19. The van der Waals surface area contributed by atoms with Crippen molar-refractivity contribution >= 4 is 22.9 Å². The number of nitrogens with one attached hydrogen (secondary N) is 1. The van der Waals surface area contributed by atoms with Crippen molar-refractivity contribution < 1.29 is 23.4 Å². The van der Waals surface area contributed by atoms with Crippen LogP contribution < -0.4 is 15.0 Å². The Kier molecular flexibility index (Phi) is 6.22. The van der Waals surface area contributed by atoms with Crippen LogP contribution in [0.25, 0.3) is 5.65 Å². The first-order chi connectivity index (χ1) is 15.5. The molecule has 3 heterocycles. The van der Waals surface area contributed by atoms with E-state index < -0.39 is 24.9 Å². The van der Waals surface area contributed by atoms with Gasteiger partial charge in [0.05, 0.1) is 30.9 Å². The second-order valence-electron chi connectivity index (χ2n) is 7.98. The Bertz CT molecular complexity index is 1120. The monoisotopic (exact) mass is 445 g/mol. The number of rotatable bonds is 9. The Morgan fingerprint density at radius 2 is 2.19 bits per heavy atom. The highest BCUT2D eigenvalue weighted by Gasteiger charge is 2.35. The van der Waals surface area contributed by atoms with Gasteiger partial charge < -0.3 is 20.1 Å². The van der Waals surface area contributed by atoms with Gasteiger partial charge in [-0.2, -0.15) is 5.10 Å². The van der Waals surface area contributed by atoms with Crippen LogP contribution in [0.15, 0.2) is 36.8 Å². The minimum Gasteiger partial charge on any atom is -0.484 e. The topological polar surface area (TPSA) is 92.0 Å². The van der Waals surface area contributed by atoms with Crippen LogP contribution in [0.2, 0.25) is 0 Å². The van der Waals surface area contributed by atoms with Crippen molar-refractivity contribution in [3.63, 3.8) is 0 Å². The maximum absolute atomic E-state index is 13.3. The number of fused-ring (bicyclic) bond motifs is 2. The Morgan fingerprint density at radius 3 is 2.94 bits per heavy atom. The van der Waals surface area contributed by atoms with E-state index in [1.807, 2.05) is 0 Å². The van der Waals surface area contributed by atoms with Gasteiger partial charge in [0.15, 0.2) is 5.65 Å². The molecule has 0 saturated heterocycles. The summed E-state index contributed by atoms with van der Waals surface area (Å²) in [6.07, 6.45) is 5.36. The SMILES string of the molecule is C[C@@]1(CO)Cc2cc(NC(=O)c3cnn4cccnc34)c(N(CCF)CCCF)cc2O1. The highest BCUT2D eigenvalue weighted by atomic mass is 19.1. The predicted molar refractivity (Wildman–Crippen MR) is 116 cm³/mol. The van der Waals surface area contributed by atoms with Crippen molar-refractivity contribution in [1.82, 2.24) is 14.6 Å². The third-order valence-electron chi connectivity index (χ3n) is 5.46. The lowest BCUT2D eigenvalue weighted by molar-refractivity contribution is 0.0447. The zero-order chi connectivity index (χ0) is 22.7. The van der Waals surface area contributed by atoms with Crippen LogP contribution in [0.4, 0.5) is 20.2 Å². The van der Waals surface area contributed by atoms with E-state index in [9.17, 15) is 18.7 Å². The molecule has 1 atom stereocenters. The number of anilines is 2. The van der Waals surface area contributed by atoms with E-state index in [0.29, 0.717) is 29.2 Å². The summed E-state index contributed by atoms with van der Waals surface area (Å²) in [6.45, 7) is 0.752. The number of carbonyl (C=O) groups is 1. The molecule has 170 valence electrons. The number of hydrogen-bond donors (Lipinski definition) is 2. The first-order valence-electron chi connectivity index (χ1n) is 10.4. The predicted octanol–water partition coefficient (Wildman–Crippen LogP) is 2.80. The molecule has 8 nitrogen and oxygen atoms in total. The number of aromatic nitrogens is 3. The summed E-state index contributed by atoms with van der Waals surface area (Å²) in [5.74, 6) is 0.130. The Labute approximate surface area is 183 Å². The molecule has 0 aliphatic carbocycles. The van der Waals surface area contributed by atoms with Crippen LogP contribution in [0, 0.1) is 0 Å². The van der Waals surface area contributed by atoms with Gasteiger partial charge in [-0.3, -0.25) is 9.18 Å². The number of hydrogen-bond acceptors (Lipinski definition) is 6. The maximum Gasteiger partial charge on any atom is 0.261 e. The molecule has 0 fully saturated rings. The molecule has 2 aromatic heterocycles. The van der Waals surface area contributed by atoms with Crippen molar-refractivity contribution in [1.29, 1.82) is 0 Å². The third-order valence-corrected chi connectivity index (χ3v) is 5.46. The molecule has 1 amide bonds. The molecule has 0 saturated carbocycles. The zero-order valence-electron chi connectivity index (χ0n) is 17.7. The molecule has 1 aliphatic heterocycles. The molecule has 0 bridgehead atoms. The number of carbonyl (C=O) groups excluding carboxylic acids is 1. The molecular weight excluding hydrogens is 420 g/mol. The van der Waals surface area contributed by atoms with Gasteiger partial charge in [-0.15, -0.1) is 0 Å². The first kappa shape index (κ1) is 21.9. The normalized spacial score (nSPS) is 17.2. The lowest BCUT2D eigenvalue weighted by Crippen LogP contribution is -2.34. The minimum absolute atomic E-state index is 0.0389. The van der Waals surface area contributed by atoms with Gasteiger partial charge >= 0.3 is 0 Å². The van der Waals surface area contributed by atoms with E-state index in [1.165, 1.54) is 10.7 Å². The molecule has 3 aromatic rings. The number of benzene rings is 1. The number of alkyl halides is 2. The average molecular weight is 445 g/mol. The fourth-order valence-electron chi connectivity index (χ4n) is 3.88. The molecule has 1 aromatic carbocycles. The van der Waals surface area contributed by atoms with Crippen LogP contribution in [-0.4, -0.2) is 64.3 Å². The second kappa shape index (κ2) is 9.07. The number of ether oxygens (including phenoxy) is 1. The summed E-state index contributed by atoms with van der Waals surface area (Å²) < 4.78 is 33.6. The molecule has 10 heteroatoms. The summed E-state index contributed by atoms with van der Waals surface area (Å²) in [4.78, 5) is 19.0. The lowest BCUT2D eigenvalue weighted by Gasteiger charge is -2.27. The second-order valence-corrected chi connectivity index (χ2v) is 7.98. The number of nitrogens with zero attached hydrogens (tertiary/aromatic N) is 4. The number of halogens is 2. The molecular formula is C22H25F2N5O3. The van der Waals surface area contributed by atoms with Crippen LogP contribution in [0.1, 0.15) is 29.3 Å². The van der Waals surface area contributed by atoms with Crippen molar-refractivity contribution in [3.05, 3.63) is 47.9 Å². The lowest BCUT2D eigenvalue weighted by atomic mass is 9.99. The smallest absolute Gasteiger partial charge is 0.261 e. The van der Waals surface area contributed by atoms with Gasteiger partial charge in [0, 0.05) is 43.5 Å². The minimum atomic E-state index is -0.779. The molecule has 32 heavy (non-hydrogen) atoms. The van der Waals surface area contributed by atoms with Crippen molar-refractivity contribution in [2.24, 2.45) is 0 Å². The number of aliphatic hydroxyl groups is 1. The van der Waals surface area contributed by atoms with E-state index >= 15 is 0 Å². The molecule has 2 N–H and O–H groups in total. The fourth-order valence-corrected chi connectivity index (χ4v) is 3.88. The van der Waals surface area contributed by atoms with E-state index in [2.05, 4.69) is 15.4 Å². The van der Waals surface area contributed by atoms with E-state index in [1.54, 1.807) is 42.4 Å². The quantitative estimate of drug-likeness (QED) is 0.526. The van der Waals surface area contributed by atoms with Gasteiger partial charge in [0.25, 0.3) is 5.91 Å². The molecule has 0 unspecified atom stereocenters.